The van der Waals surface area contributed by atoms with E-state index in [9.17, 15) is 23.2 Å². The molecule has 2 aliphatic rings. The zero-order chi connectivity index (χ0) is 28.9. The summed E-state index contributed by atoms with van der Waals surface area (Å²) in [6, 6.07) is 8.04. The molecule has 0 aliphatic carbocycles. The minimum absolute atomic E-state index is 0.0912. The molecule has 2 aromatic rings. The maximum Gasteiger partial charge on any atom is 0.387 e. The van der Waals surface area contributed by atoms with Gasteiger partial charge >= 0.3 is 12.6 Å². The lowest BCUT2D eigenvalue weighted by Crippen LogP contribution is -2.42. The van der Waals surface area contributed by atoms with Crippen LogP contribution in [0.3, 0.4) is 0 Å². The first-order valence-corrected chi connectivity index (χ1v) is 12.9. The fourth-order valence-corrected chi connectivity index (χ4v) is 4.58. The number of morpholine rings is 1. The van der Waals surface area contributed by atoms with Gasteiger partial charge in [-0.15, -0.1) is 0 Å². The molecule has 4 amide bonds. The predicted octanol–water partition coefficient (Wildman–Crippen LogP) is 3.33. The highest BCUT2D eigenvalue weighted by molar-refractivity contribution is 6.10. The van der Waals surface area contributed by atoms with E-state index in [1.807, 2.05) is 13.8 Å². The van der Waals surface area contributed by atoms with Crippen molar-refractivity contribution in [2.24, 2.45) is 0 Å². The molecule has 2 N–H and O–H groups in total. The van der Waals surface area contributed by atoms with Crippen LogP contribution in [0.2, 0.25) is 0 Å². The van der Waals surface area contributed by atoms with Gasteiger partial charge in [-0.25, -0.2) is 4.79 Å². The monoisotopic (exact) mass is 562 g/mol. The molecule has 1 atom stereocenters. The largest absolute Gasteiger partial charge is 0.492 e. The number of urea groups is 1. The van der Waals surface area contributed by atoms with E-state index in [0.717, 1.165) is 10.6 Å². The van der Waals surface area contributed by atoms with Crippen LogP contribution in [0, 0.1) is 0 Å². The number of nitrogens with one attached hydrogen (secondary N) is 2. The number of amides is 4. The predicted molar refractivity (Wildman–Crippen MR) is 141 cm³/mol. The quantitative estimate of drug-likeness (QED) is 0.401. The lowest BCUT2D eigenvalue weighted by molar-refractivity contribution is -0.133. The molecule has 0 unspecified atom stereocenters. The number of hydrogen-bond acceptors (Lipinski definition) is 8. The van der Waals surface area contributed by atoms with E-state index >= 15 is 0 Å². The summed E-state index contributed by atoms with van der Waals surface area (Å²) >= 11 is 0. The highest BCUT2D eigenvalue weighted by Gasteiger charge is 2.49. The summed E-state index contributed by atoms with van der Waals surface area (Å²) < 4.78 is 46.4. The fourth-order valence-electron chi connectivity index (χ4n) is 4.58. The van der Waals surface area contributed by atoms with Crippen LogP contribution >= 0.6 is 0 Å². The molecule has 0 saturated carbocycles. The summed E-state index contributed by atoms with van der Waals surface area (Å²) in [5, 5.41) is 5.32. The van der Waals surface area contributed by atoms with Crippen LogP contribution in [0.25, 0.3) is 0 Å². The summed E-state index contributed by atoms with van der Waals surface area (Å²) in [5.74, 6) is -0.431. The summed E-state index contributed by atoms with van der Waals surface area (Å²) in [6.07, 6.45) is 0. The zero-order valence-corrected chi connectivity index (χ0v) is 22.5. The van der Waals surface area contributed by atoms with Crippen molar-refractivity contribution in [3.63, 3.8) is 0 Å². The number of nitrogens with zero attached hydrogens (tertiary/aromatic N) is 2. The van der Waals surface area contributed by atoms with Crippen LogP contribution in [0.5, 0.6) is 17.2 Å². The Kier molecular flexibility index (Phi) is 8.93. The van der Waals surface area contributed by atoms with Crippen LogP contribution in [-0.2, 0) is 19.9 Å². The SMILES string of the molecule is CCOc1cc(N2CCOCC2)c(OCC)cc1NC(=O)CN1C(=O)N[C@](C)(c2ccc(OC(F)F)cc2)C1=O. The van der Waals surface area contributed by atoms with Crippen molar-refractivity contribution >= 4 is 29.2 Å². The number of benzene rings is 2. The van der Waals surface area contributed by atoms with Gasteiger partial charge < -0.3 is 34.5 Å². The van der Waals surface area contributed by atoms with Crippen molar-refractivity contribution in [3.05, 3.63) is 42.0 Å². The Morgan fingerprint density at radius 3 is 2.35 bits per heavy atom. The molecule has 4 rings (SSSR count). The number of rotatable bonds is 11. The van der Waals surface area contributed by atoms with E-state index in [1.165, 1.54) is 31.2 Å². The Morgan fingerprint density at radius 1 is 1.07 bits per heavy atom. The third-order valence-electron chi connectivity index (χ3n) is 6.52. The maximum absolute atomic E-state index is 13.3. The number of hydrogen-bond donors (Lipinski definition) is 2. The Hall–Kier alpha value is -4.13. The van der Waals surface area contributed by atoms with E-state index in [-0.39, 0.29) is 5.75 Å². The molecule has 40 heavy (non-hydrogen) atoms. The summed E-state index contributed by atoms with van der Waals surface area (Å²) in [5.41, 5.74) is -0.0219. The first-order valence-electron chi connectivity index (χ1n) is 12.9. The van der Waals surface area contributed by atoms with Gasteiger partial charge in [0, 0.05) is 25.2 Å². The van der Waals surface area contributed by atoms with Crippen molar-refractivity contribution < 1.29 is 42.1 Å². The third-order valence-corrected chi connectivity index (χ3v) is 6.52. The van der Waals surface area contributed by atoms with E-state index in [2.05, 4.69) is 20.3 Å². The Balaban J connectivity index is 1.51. The van der Waals surface area contributed by atoms with Crippen LogP contribution in [0.15, 0.2) is 36.4 Å². The number of alkyl halides is 2. The molecule has 0 radical (unpaired) electrons. The van der Waals surface area contributed by atoms with Gasteiger partial charge in [-0.3, -0.25) is 14.5 Å². The topological polar surface area (TPSA) is 119 Å². The number of halogens is 2. The standard InChI is InChI=1S/C27H32F2N4O7/c1-4-38-21-15-20(32-10-12-37-13-11-32)22(39-5-2)14-19(21)30-23(34)16-33-24(35)27(3,31-26(33)36)17-6-8-18(9-7-17)40-25(28)29/h6-9,14-15,25H,4-5,10-13,16H2,1-3H3,(H,30,34)(H,31,36)/t27-/m1/s1. The molecule has 2 saturated heterocycles. The average molecular weight is 563 g/mol. The van der Waals surface area contributed by atoms with Gasteiger partial charge in [-0.2, -0.15) is 8.78 Å². The van der Waals surface area contributed by atoms with Gasteiger partial charge in [0.2, 0.25) is 5.91 Å². The number of ether oxygens (including phenoxy) is 4. The molecule has 2 fully saturated rings. The molecule has 0 aromatic heterocycles. The summed E-state index contributed by atoms with van der Waals surface area (Å²) in [4.78, 5) is 42.0. The second kappa shape index (κ2) is 12.4. The second-order valence-corrected chi connectivity index (χ2v) is 9.18. The molecule has 13 heteroatoms. The van der Waals surface area contributed by atoms with Gasteiger partial charge in [0.05, 0.1) is 37.8 Å². The van der Waals surface area contributed by atoms with Crippen LogP contribution in [-0.4, -0.2) is 75.4 Å². The van der Waals surface area contributed by atoms with Gasteiger partial charge in [0.1, 0.15) is 29.3 Å². The minimum atomic E-state index is -2.99. The molecular formula is C27H32F2N4O7. The fraction of sp³-hybridized carbons (Fsp3) is 0.444. The van der Waals surface area contributed by atoms with Crippen molar-refractivity contribution in [1.29, 1.82) is 0 Å². The summed E-state index contributed by atoms with van der Waals surface area (Å²) in [6.45, 7) is 4.82. The lowest BCUT2D eigenvalue weighted by Gasteiger charge is -2.31. The second-order valence-electron chi connectivity index (χ2n) is 9.18. The molecule has 2 heterocycles. The molecule has 2 aliphatic heterocycles. The van der Waals surface area contributed by atoms with Crippen molar-refractivity contribution in [2.75, 3.05) is 56.3 Å². The van der Waals surface area contributed by atoms with Gasteiger partial charge in [-0.05, 0) is 38.5 Å². The van der Waals surface area contributed by atoms with Gasteiger partial charge in [0.25, 0.3) is 5.91 Å². The van der Waals surface area contributed by atoms with Crippen molar-refractivity contribution in [1.82, 2.24) is 10.2 Å². The number of carbonyl (C=O) groups excluding carboxylic acids is 3. The Labute approximate surface area is 230 Å². The van der Waals surface area contributed by atoms with Crippen molar-refractivity contribution in [2.45, 2.75) is 32.9 Å². The summed E-state index contributed by atoms with van der Waals surface area (Å²) in [7, 11) is 0. The molecule has 0 bridgehead atoms. The molecule has 216 valence electrons. The number of carbonyl (C=O) groups is 3. The highest BCUT2D eigenvalue weighted by Crippen LogP contribution is 2.39. The highest BCUT2D eigenvalue weighted by atomic mass is 19.3. The molecule has 11 nitrogen and oxygen atoms in total. The van der Waals surface area contributed by atoms with Gasteiger partial charge in [-0.1, -0.05) is 12.1 Å². The molecular weight excluding hydrogens is 530 g/mol. The van der Waals surface area contributed by atoms with E-state index in [4.69, 9.17) is 14.2 Å². The van der Waals surface area contributed by atoms with Gasteiger partial charge in [0.15, 0.2) is 0 Å². The van der Waals surface area contributed by atoms with E-state index in [0.29, 0.717) is 62.3 Å². The molecule has 0 spiro atoms. The third kappa shape index (κ3) is 6.19. The average Bonchev–Trinajstić information content (AvgIpc) is 3.14. The lowest BCUT2D eigenvalue weighted by atomic mass is 9.92. The number of anilines is 2. The number of imide groups is 1. The first kappa shape index (κ1) is 28.9. The molecule has 2 aromatic carbocycles. The minimum Gasteiger partial charge on any atom is -0.492 e. The Bertz CT molecular complexity index is 1240. The van der Waals surface area contributed by atoms with Crippen molar-refractivity contribution in [3.8, 4) is 17.2 Å². The maximum atomic E-state index is 13.3. The smallest absolute Gasteiger partial charge is 0.387 e. The van der Waals surface area contributed by atoms with E-state index in [1.54, 1.807) is 12.1 Å². The van der Waals surface area contributed by atoms with Crippen LogP contribution in [0.4, 0.5) is 25.0 Å². The first-order chi connectivity index (χ1) is 19.2. The van der Waals surface area contributed by atoms with E-state index < -0.39 is 36.5 Å². The van der Waals surface area contributed by atoms with Crippen LogP contribution < -0.4 is 29.7 Å². The zero-order valence-electron chi connectivity index (χ0n) is 22.5. The Morgan fingerprint density at radius 2 is 1.73 bits per heavy atom. The normalized spacial score (nSPS) is 19.1. The van der Waals surface area contributed by atoms with Crippen LogP contribution in [0.1, 0.15) is 26.3 Å².